The SMILES string of the molecule is Cc1nnc(-c2c(CCc3ccc(F)cc3)nc(CC(C)C)c(C(N)=O)c2-c2cc3ncnc(NCc4ccc(F)c(F)c4)c3s2)o1. The molecule has 0 saturated heterocycles. The van der Waals surface area contributed by atoms with Gasteiger partial charge in [-0.15, -0.1) is 21.5 Å². The first-order valence-corrected chi connectivity index (χ1v) is 15.7. The molecule has 0 bridgehead atoms. The lowest BCUT2D eigenvalue weighted by Crippen LogP contribution is -2.20. The number of amides is 1. The van der Waals surface area contributed by atoms with Gasteiger partial charge in [0.1, 0.15) is 18.0 Å². The second kappa shape index (κ2) is 13.3. The maximum Gasteiger partial charge on any atom is 0.251 e. The first-order valence-electron chi connectivity index (χ1n) is 14.9. The van der Waals surface area contributed by atoms with Crippen LogP contribution in [-0.4, -0.2) is 31.1 Å². The number of aromatic nitrogens is 5. The lowest BCUT2D eigenvalue weighted by molar-refractivity contribution is 0.0999. The summed E-state index contributed by atoms with van der Waals surface area (Å²) in [6, 6.07) is 11.8. The summed E-state index contributed by atoms with van der Waals surface area (Å²) in [5.41, 5.74) is 10.5. The summed E-state index contributed by atoms with van der Waals surface area (Å²) in [5, 5.41) is 11.6. The fraction of sp³-hybridized carbons (Fsp3) is 0.235. The Morgan fingerprint density at radius 2 is 1.70 bits per heavy atom. The summed E-state index contributed by atoms with van der Waals surface area (Å²) in [7, 11) is 0. The number of carbonyl (C=O) groups excluding carboxylic acids is 1. The van der Waals surface area contributed by atoms with Crippen LogP contribution in [0.3, 0.4) is 0 Å². The molecule has 0 spiro atoms. The van der Waals surface area contributed by atoms with Gasteiger partial charge in [-0.3, -0.25) is 9.78 Å². The highest BCUT2D eigenvalue weighted by Crippen LogP contribution is 2.44. The van der Waals surface area contributed by atoms with Crippen molar-refractivity contribution in [2.75, 3.05) is 5.32 Å². The number of hydrogen-bond donors (Lipinski definition) is 2. The highest BCUT2D eigenvalue weighted by Gasteiger charge is 2.29. The van der Waals surface area contributed by atoms with E-state index >= 15 is 0 Å². The number of rotatable bonds is 11. The largest absolute Gasteiger partial charge is 0.421 e. The third-order valence-electron chi connectivity index (χ3n) is 7.50. The molecule has 47 heavy (non-hydrogen) atoms. The Balaban J connectivity index is 1.52. The van der Waals surface area contributed by atoms with E-state index in [4.69, 9.17) is 15.1 Å². The summed E-state index contributed by atoms with van der Waals surface area (Å²) < 4.78 is 47.6. The van der Waals surface area contributed by atoms with Gasteiger partial charge in [-0.25, -0.2) is 23.1 Å². The van der Waals surface area contributed by atoms with E-state index in [1.54, 1.807) is 19.1 Å². The lowest BCUT2D eigenvalue weighted by Gasteiger charge is -2.19. The molecule has 3 N–H and O–H groups in total. The molecule has 0 atom stereocenters. The van der Waals surface area contributed by atoms with Gasteiger partial charge in [0.05, 0.1) is 32.7 Å². The number of nitrogens with two attached hydrogens (primary N) is 1. The minimum absolute atomic E-state index is 0.148. The van der Waals surface area contributed by atoms with E-state index in [0.717, 1.165) is 17.7 Å². The number of anilines is 1. The molecule has 0 unspecified atom stereocenters. The number of thiophene rings is 1. The molecule has 0 saturated carbocycles. The number of benzene rings is 2. The monoisotopic (exact) mass is 657 g/mol. The van der Waals surface area contributed by atoms with Crippen LogP contribution in [0.5, 0.6) is 0 Å². The lowest BCUT2D eigenvalue weighted by atomic mass is 9.91. The number of primary amides is 1. The Morgan fingerprint density at radius 3 is 2.38 bits per heavy atom. The van der Waals surface area contributed by atoms with E-state index in [-0.39, 0.29) is 29.7 Å². The van der Waals surface area contributed by atoms with Gasteiger partial charge in [-0.1, -0.05) is 32.0 Å². The maximum absolute atomic E-state index is 13.8. The molecule has 240 valence electrons. The molecule has 6 rings (SSSR count). The third kappa shape index (κ3) is 6.85. The first kappa shape index (κ1) is 31.8. The van der Waals surface area contributed by atoms with Crippen LogP contribution in [0, 0.1) is 30.3 Å². The normalized spacial score (nSPS) is 11.5. The molecule has 6 aromatic rings. The van der Waals surface area contributed by atoms with Crippen molar-refractivity contribution in [3.8, 4) is 21.9 Å². The third-order valence-corrected chi connectivity index (χ3v) is 8.65. The number of nitrogens with one attached hydrogen (secondary N) is 1. The zero-order valence-electron chi connectivity index (χ0n) is 25.8. The van der Waals surface area contributed by atoms with Gasteiger partial charge in [-0.2, -0.15) is 0 Å². The number of halogens is 3. The number of pyridine rings is 1. The molecule has 1 amide bonds. The minimum atomic E-state index is -0.941. The standard InChI is InChI=1S/C34H30F3N7O2S/c1-17(2)12-25-28(32(38)45)30(29(34-44-43-18(3)46-34)24(42-25)11-7-19-4-8-21(35)9-5-19)27-14-26-31(47-27)33(41-16-40-26)39-15-20-6-10-22(36)23(37)13-20/h4-6,8-10,13-14,16-17H,7,11-12,15H2,1-3H3,(H2,38,45)(H,39,40,41). The van der Waals surface area contributed by atoms with Gasteiger partial charge in [0.25, 0.3) is 5.91 Å². The molecule has 0 fully saturated rings. The molecule has 2 aromatic carbocycles. The van der Waals surface area contributed by atoms with Gasteiger partial charge < -0.3 is 15.5 Å². The van der Waals surface area contributed by atoms with Crippen molar-refractivity contribution in [2.24, 2.45) is 11.7 Å². The Labute approximate surface area is 272 Å². The molecule has 0 aliphatic heterocycles. The van der Waals surface area contributed by atoms with Crippen LogP contribution >= 0.6 is 11.3 Å². The number of aryl methyl sites for hydroxylation is 3. The van der Waals surface area contributed by atoms with Crippen molar-refractivity contribution in [3.63, 3.8) is 0 Å². The molecule has 0 aliphatic rings. The van der Waals surface area contributed by atoms with E-state index in [1.165, 1.54) is 35.9 Å². The summed E-state index contributed by atoms with van der Waals surface area (Å²) >= 11 is 1.33. The van der Waals surface area contributed by atoms with E-state index in [9.17, 15) is 18.0 Å². The van der Waals surface area contributed by atoms with Crippen molar-refractivity contribution in [1.29, 1.82) is 0 Å². The van der Waals surface area contributed by atoms with Crippen molar-refractivity contribution < 1.29 is 22.4 Å². The van der Waals surface area contributed by atoms with E-state index in [2.05, 4.69) is 25.5 Å². The predicted octanol–water partition coefficient (Wildman–Crippen LogP) is 7.22. The smallest absolute Gasteiger partial charge is 0.251 e. The molecular weight excluding hydrogens is 627 g/mol. The minimum Gasteiger partial charge on any atom is -0.421 e. The zero-order chi connectivity index (χ0) is 33.2. The van der Waals surface area contributed by atoms with Crippen molar-refractivity contribution in [1.82, 2.24) is 25.1 Å². The van der Waals surface area contributed by atoms with Crippen LogP contribution in [-0.2, 0) is 25.8 Å². The van der Waals surface area contributed by atoms with E-state index < -0.39 is 17.5 Å². The number of nitrogens with zero attached hydrogens (tertiary/aromatic N) is 5. The quantitative estimate of drug-likeness (QED) is 0.149. The average molecular weight is 658 g/mol. The Bertz CT molecular complexity index is 2090. The van der Waals surface area contributed by atoms with E-state index in [0.29, 0.717) is 74.1 Å². The average Bonchev–Trinajstić information content (AvgIpc) is 3.67. The van der Waals surface area contributed by atoms with Gasteiger partial charge in [0.15, 0.2) is 11.6 Å². The van der Waals surface area contributed by atoms with E-state index in [1.807, 2.05) is 19.9 Å². The highest BCUT2D eigenvalue weighted by molar-refractivity contribution is 7.22. The van der Waals surface area contributed by atoms with Gasteiger partial charge in [0.2, 0.25) is 11.8 Å². The van der Waals surface area contributed by atoms with Crippen LogP contribution < -0.4 is 11.1 Å². The van der Waals surface area contributed by atoms with Crippen LogP contribution in [0.2, 0.25) is 0 Å². The summed E-state index contributed by atoms with van der Waals surface area (Å²) in [6.07, 6.45) is 2.82. The van der Waals surface area contributed by atoms with Crippen molar-refractivity contribution >= 4 is 33.3 Å². The Morgan fingerprint density at radius 1 is 0.936 bits per heavy atom. The van der Waals surface area contributed by atoms with Gasteiger partial charge in [0, 0.05) is 23.9 Å². The number of carbonyl (C=O) groups is 1. The molecule has 4 aromatic heterocycles. The van der Waals surface area contributed by atoms with Crippen molar-refractivity contribution in [3.05, 3.63) is 106 Å². The van der Waals surface area contributed by atoms with Crippen LogP contribution in [0.25, 0.3) is 32.1 Å². The Hall–Kier alpha value is -5.17. The molecular formula is C34H30F3N7O2S. The number of hydrogen-bond acceptors (Lipinski definition) is 9. The highest BCUT2D eigenvalue weighted by atomic mass is 32.1. The molecule has 0 aliphatic carbocycles. The van der Waals surface area contributed by atoms with Crippen LogP contribution in [0.15, 0.2) is 59.3 Å². The second-order valence-electron chi connectivity index (χ2n) is 11.5. The first-order chi connectivity index (χ1) is 22.6. The molecule has 9 nitrogen and oxygen atoms in total. The van der Waals surface area contributed by atoms with Crippen LogP contribution in [0.1, 0.15) is 52.6 Å². The van der Waals surface area contributed by atoms with Gasteiger partial charge in [-0.05, 0) is 66.6 Å². The van der Waals surface area contributed by atoms with Crippen molar-refractivity contribution in [2.45, 2.75) is 46.6 Å². The second-order valence-corrected chi connectivity index (χ2v) is 12.5. The molecule has 4 heterocycles. The fourth-order valence-electron chi connectivity index (χ4n) is 5.40. The Kier molecular flexibility index (Phi) is 8.99. The predicted molar refractivity (Wildman–Crippen MR) is 173 cm³/mol. The molecule has 0 radical (unpaired) electrons. The zero-order valence-corrected chi connectivity index (χ0v) is 26.6. The molecule has 13 heteroatoms. The van der Waals surface area contributed by atoms with Crippen LogP contribution in [0.4, 0.5) is 19.0 Å². The topological polar surface area (TPSA) is 133 Å². The summed E-state index contributed by atoms with van der Waals surface area (Å²) in [5.74, 6) is -1.73. The number of fused-ring (bicyclic) bond motifs is 1. The fourth-order valence-corrected chi connectivity index (χ4v) is 6.53. The van der Waals surface area contributed by atoms with Gasteiger partial charge >= 0.3 is 0 Å². The maximum atomic E-state index is 13.8. The summed E-state index contributed by atoms with van der Waals surface area (Å²) in [4.78, 5) is 27.8. The summed E-state index contributed by atoms with van der Waals surface area (Å²) in [6.45, 7) is 5.90.